The topological polar surface area (TPSA) is 128 Å². The second-order valence-electron chi connectivity index (χ2n) is 9.64. The van der Waals surface area contributed by atoms with Gasteiger partial charge in [0.05, 0.1) is 24.8 Å². The van der Waals surface area contributed by atoms with Crippen molar-refractivity contribution in [3.05, 3.63) is 71.4 Å². The van der Waals surface area contributed by atoms with Crippen LogP contribution in [0.3, 0.4) is 0 Å². The Labute approximate surface area is 236 Å². The lowest BCUT2D eigenvalue weighted by Crippen LogP contribution is -2.50. The summed E-state index contributed by atoms with van der Waals surface area (Å²) in [5.41, 5.74) is 0.834. The van der Waals surface area contributed by atoms with Crippen LogP contribution in [0.4, 0.5) is 20.6 Å². The summed E-state index contributed by atoms with van der Waals surface area (Å²) in [4.78, 5) is 27.7. The number of nitrogens with zero attached hydrogens (tertiary/aromatic N) is 2. The molecule has 1 aliphatic heterocycles. The first kappa shape index (κ1) is 29.5. The zero-order valence-electron chi connectivity index (χ0n) is 22.2. The molecule has 0 aliphatic carbocycles. The molecule has 13 heteroatoms. The molecule has 0 bridgehead atoms. The average Bonchev–Trinajstić information content (AvgIpc) is 3.48. The molecule has 2 heterocycles. The number of rotatable bonds is 8. The van der Waals surface area contributed by atoms with Gasteiger partial charge in [-0.2, -0.15) is 4.31 Å². The molecule has 0 saturated carbocycles. The number of carbonyl (C=O) groups excluding carboxylic acids is 2. The molecule has 1 aliphatic rings. The van der Waals surface area contributed by atoms with Crippen molar-refractivity contribution in [1.29, 1.82) is 0 Å². The van der Waals surface area contributed by atoms with Crippen LogP contribution >= 0.6 is 11.3 Å². The summed E-state index contributed by atoms with van der Waals surface area (Å²) < 4.78 is 47.0. The fourth-order valence-electron chi connectivity index (χ4n) is 4.26. The summed E-state index contributed by atoms with van der Waals surface area (Å²) in [6.45, 7) is 3.54. The van der Waals surface area contributed by atoms with Gasteiger partial charge in [-0.3, -0.25) is 4.79 Å². The van der Waals surface area contributed by atoms with Gasteiger partial charge in [0.2, 0.25) is 0 Å². The summed E-state index contributed by atoms with van der Waals surface area (Å²) in [5.74, 6) is -0.894. The van der Waals surface area contributed by atoms with Gasteiger partial charge in [0.1, 0.15) is 21.9 Å². The molecule has 3 atom stereocenters. The zero-order valence-corrected chi connectivity index (χ0v) is 23.8. The number of ether oxygens (including phenoxy) is 1. The molecule has 0 fully saturated rings. The van der Waals surface area contributed by atoms with E-state index in [9.17, 15) is 27.5 Å². The Morgan fingerprint density at radius 3 is 2.52 bits per heavy atom. The van der Waals surface area contributed by atoms with Crippen molar-refractivity contribution in [3.8, 4) is 5.75 Å². The summed E-state index contributed by atoms with van der Waals surface area (Å²) in [5, 5.41) is 16.8. The number of amides is 3. The lowest BCUT2D eigenvalue weighted by Gasteiger charge is -2.38. The van der Waals surface area contributed by atoms with E-state index in [0.29, 0.717) is 11.4 Å². The lowest BCUT2D eigenvalue weighted by atomic mass is 9.99. The average molecular weight is 591 g/mol. The lowest BCUT2D eigenvalue weighted by molar-refractivity contribution is 0.0387. The quantitative estimate of drug-likeness (QED) is 0.363. The molecule has 214 valence electrons. The van der Waals surface area contributed by atoms with Crippen molar-refractivity contribution in [2.45, 2.75) is 30.2 Å². The Morgan fingerprint density at radius 1 is 1.20 bits per heavy atom. The number of likely N-dealkylation sites (N-methyl/N-ethyl adjacent to an activating group) is 1. The standard InChI is InChI=1S/C27H31FN4O6S2/c1-17-14-32(18(2)16-33)26(34)22-13-21(30-27(35)29-20-8-6-19(28)7-9-20)10-11-23(22)38-24(17)15-31(3)40(36,37)25-5-4-12-39-25/h4-13,17-18,24,33H,14-16H2,1-3H3,(H2,29,30,35)/t17-,18-,24+/m1/s1. The van der Waals surface area contributed by atoms with E-state index >= 15 is 0 Å². The number of thiophene rings is 1. The molecule has 0 saturated heterocycles. The normalized spacial score (nSPS) is 18.4. The highest BCUT2D eigenvalue weighted by Gasteiger charge is 2.35. The first-order chi connectivity index (χ1) is 19.0. The van der Waals surface area contributed by atoms with Crippen LogP contribution < -0.4 is 15.4 Å². The van der Waals surface area contributed by atoms with Gasteiger partial charge in [0.15, 0.2) is 0 Å². The van der Waals surface area contributed by atoms with Crippen LogP contribution in [0.1, 0.15) is 24.2 Å². The number of hydrogen-bond acceptors (Lipinski definition) is 7. The van der Waals surface area contributed by atoms with Gasteiger partial charge in [-0.05, 0) is 60.8 Å². The van der Waals surface area contributed by atoms with E-state index in [4.69, 9.17) is 4.74 Å². The van der Waals surface area contributed by atoms with Gasteiger partial charge < -0.3 is 25.4 Å². The van der Waals surface area contributed by atoms with Crippen molar-refractivity contribution in [3.63, 3.8) is 0 Å². The molecule has 3 amide bonds. The number of aliphatic hydroxyl groups excluding tert-OH is 1. The van der Waals surface area contributed by atoms with E-state index in [-0.39, 0.29) is 41.1 Å². The number of sulfonamides is 1. The number of fused-ring (bicyclic) bond motifs is 1. The first-order valence-corrected chi connectivity index (χ1v) is 14.9. The number of benzene rings is 2. The Morgan fingerprint density at radius 2 is 1.88 bits per heavy atom. The highest BCUT2D eigenvalue weighted by Crippen LogP contribution is 2.31. The van der Waals surface area contributed by atoms with Gasteiger partial charge in [-0.15, -0.1) is 11.3 Å². The van der Waals surface area contributed by atoms with Crippen LogP contribution in [-0.2, 0) is 10.0 Å². The summed E-state index contributed by atoms with van der Waals surface area (Å²) in [6.07, 6.45) is -0.624. The van der Waals surface area contributed by atoms with Crippen LogP contribution in [0, 0.1) is 11.7 Å². The van der Waals surface area contributed by atoms with Crippen molar-refractivity contribution >= 4 is 44.7 Å². The second kappa shape index (κ2) is 12.3. The van der Waals surface area contributed by atoms with E-state index in [2.05, 4.69) is 10.6 Å². The molecule has 10 nitrogen and oxygen atoms in total. The van der Waals surface area contributed by atoms with Gasteiger partial charge in [0, 0.05) is 30.9 Å². The fraction of sp³-hybridized carbons (Fsp3) is 0.333. The van der Waals surface area contributed by atoms with E-state index in [1.165, 1.54) is 52.7 Å². The molecule has 0 radical (unpaired) electrons. The molecule has 0 spiro atoms. The van der Waals surface area contributed by atoms with E-state index in [0.717, 1.165) is 11.3 Å². The molecular weight excluding hydrogens is 559 g/mol. The third kappa shape index (κ3) is 6.61. The number of halogens is 1. The number of hydrogen-bond donors (Lipinski definition) is 3. The fourth-order valence-corrected chi connectivity index (χ4v) is 6.64. The van der Waals surface area contributed by atoms with Gasteiger partial charge in [-0.1, -0.05) is 13.0 Å². The second-order valence-corrected chi connectivity index (χ2v) is 12.9. The van der Waals surface area contributed by atoms with E-state index in [1.807, 2.05) is 6.92 Å². The third-order valence-corrected chi connectivity index (χ3v) is 9.82. The van der Waals surface area contributed by atoms with Crippen molar-refractivity contribution < 1.29 is 32.2 Å². The van der Waals surface area contributed by atoms with Crippen molar-refractivity contribution in [2.24, 2.45) is 5.92 Å². The molecule has 0 unspecified atom stereocenters. The molecule has 2 aromatic carbocycles. The summed E-state index contributed by atoms with van der Waals surface area (Å²) in [6, 6.07) is 11.9. The minimum atomic E-state index is -3.73. The number of nitrogens with one attached hydrogen (secondary N) is 2. The van der Waals surface area contributed by atoms with Crippen LogP contribution in [0.15, 0.2) is 64.2 Å². The smallest absolute Gasteiger partial charge is 0.323 e. The predicted molar refractivity (Wildman–Crippen MR) is 151 cm³/mol. The predicted octanol–water partition coefficient (Wildman–Crippen LogP) is 4.07. The Bertz CT molecular complexity index is 1450. The summed E-state index contributed by atoms with van der Waals surface area (Å²) in [7, 11) is -2.25. The number of anilines is 2. The monoisotopic (exact) mass is 590 g/mol. The van der Waals surface area contributed by atoms with Crippen molar-refractivity contribution in [1.82, 2.24) is 9.21 Å². The van der Waals surface area contributed by atoms with E-state index < -0.39 is 39.9 Å². The highest BCUT2D eigenvalue weighted by molar-refractivity contribution is 7.91. The highest BCUT2D eigenvalue weighted by atomic mass is 32.2. The van der Waals surface area contributed by atoms with Gasteiger partial charge in [-0.25, -0.2) is 17.6 Å². The van der Waals surface area contributed by atoms with E-state index in [1.54, 1.807) is 30.5 Å². The molecule has 4 rings (SSSR count). The van der Waals surface area contributed by atoms with Gasteiger partial charge in [0.25, 0.3) is 15.9 Å². The Balaban J connectivity index is 1.60. The molecule has 40 heavy (non-hydrogen) atoms. The number of urea groups is 1. The molecular formula is C27H31FN4O6S2. The maximum absolute atomic E-state index is 13.6. The number of carbonyl (C=O) groups is 2. The Hall–Kier alpha value is -3.52. The number of aliphatic hydroxyl groups is 1. The molecule has 3 N–H and O–H groups in total. The van der Waals surface area contributed by atoms with Crippen LogP contribution in [0.2, 0.25) is 0 Å². The van der Waals surface area contributed by atoms with Crippen LogP contribution in [-0.4, -0.2) is 73.6 Å². The molecule has 3 aromatic rings. The first-order valence-electron chi connectivity index (χ1n) is 12.6. The van der Waals surface area contributed by atoms with Crippen molar-refractivity contribution in [2.75, 3.05) is 37.4 Å². The minimum absolute atomic E-state index is 0.0243. The molecule has 1 aromatic heterocycles. The Kier molecular flexibility index (Phi) is 9.08. The van der Waals surface area contributed by atoms with Gasteiger partial charge >= 0.3 is 6.03 Å². The third-order valence-electron chi connectivity index (χ3n) is 6.62. The maximum Gasteiger partial charge on any atom is 0.323 e. The minimum Gasteiger partial charge on any atom is -0.488 e. The van der Waals surface area contributed by atoms with Crippen LogP contribution in [0.25, 0.3) is 0 Å². The van der Waals surface area contributed by atoms with Crippen LogP contribution in [0.5, 0.6) is 5.75 Å². The SMILES string of the molecule is C[C@@H]1CN([C@H](C)CO)C(=O)c2cc(NC(=O)Nc3ccc(F)cc3)ccc2O[C@H]1CN(C)S(=O)(=O)c1cccs1. The largest absolute Gasteiger partial charge is 0.488 e. The summed E-state index contributed by atoms with van der Waals surface area (Å²) >= 11 is 1.12. The maximum atomic E-state index is 13.6. The zero-order chi connectivity index (χ0) is 29.0.